The third-order valence-electron chi connectivity index (χ3n) is 3.99. The van der Waals surface area contributed by atoms with E-state index < -0.39 is 30.0 Å². The lowest BCUT2D eigenvalue weighted by molar-refractivity contribution is 0.415. The van der Waals surface area contributed by atoms with Crippen LogP contribution in [-0.4, -0.2) is 39.3 Å². The van der Waals surface area contributed by atoms with Gasteiger partial charge in [0.1, 0.15) is 10.6 Å². The topological polar surface area (TPSA) is 142 Å². The van der Waals surface area contributed by atoms with Gasteiger partial charge in [-0.25, -0.2) is 0 Å². The van der Waals surface area contributed by atoms with Gasteiger partial charge in [0, 0.05) is 5.39 Å². The lowest BCUT2D eigenvalue weighted by atomic mass is 10.1. The normalized spacial score (nSPS) is 12.4. The molecule has 0 aromatic heterocycles. The van der Waals surface area contributed by atoms with Crippen LogP contribution in [0.15, 0.2) is 69.5 Å². The van der Waals surface area contributed by atoms with Crippen LogP contribution < -0.4 is 10.2 Å². The predicted molar refractivity (Wildman–Crippen MR) is 108 cm³/mol. The third-order valence-corrected chi connectivity index (χ3v) is 5.71. The Bertz CT molecular complexity index is 1300. The van der Waals surface area contributed by atoms with E-state index in [0.717, 1.165) is 11.6 Å². The maximum absolute atomic E-state index is 11.7. The van der Waals surface area contributed by atoms with Crippen molar-refractivity contribution in [1.29, 1.82) is 0 Å². The van der Waals surface area contributed by atoms with Gasteiger partial charge in [-0.2, -0.15) is 21.9 Å². The fourth-order valence-corrected chi connectivity index (χ4v) is 3.95. The second kappa shape index (κ2) is 7.79. The van der Waals surface area contributed by atoms with Crippen LogP contribution in [0.2, 0.25) is 0 Å². The summed E-state index contributed by atoms with van der Waals surface area (Å²) in [5.74, 6) is 0.701. The average molecular weight is 436 g/mol. The molecule has 3 rings (SSSR count). The van der Waals surface area contributed by atoms with E-state index in [-0.39, 0.29) is 10.8 Å². The molecule has 0 aliphatic heterocycles. The summed E-state index contributed by atoms with van der Waals surface area (Å²) in [6, 6.07) is 13.3. The number of benzene rings is 3. The molecule has 0 amide bonds. The van der Waals surface area contributed by atoms with Gasteiger partial charge in [-0.05, 0) is 59.5 Å². The Labute approximate surface area is 167 Å². The van der Waals surface area contributed by atoms with Crippen molar-refractivity contribution in [1.82, 2.24) is 0 Å². The molecule has 0 heterocycles. The van der Waals surface area contributed by atoms with E-state index in [1.165, 1.54) is 24.4 Å². The van der Waals surface area contributed by atoms with E-state index >= 15 is 0 Å². The zero-order valence-corrected chi connectivity index (χ0v) is 16.6. The van der Waals surface area contributed by atoms with Gasteiger partial charge in [0.25, 0.3) is 20.2 Å². The van der Waals surface area contributed by atoms with Gasteiger partial charge in [0.2, 0.25) is 0 Å². The van der Waals surface area contributed by atoms with Crippen molar-refractivity contribution in [3.63, 3.8) is 0 Å². The summed E-state index contributed by atoms with van der Waals surface area (Å²) in [5.41, 5.74) is 3.91. The fraction of sp³-hybridized carbons (Fsp3) is 0.0556. The van der Waals surface area contributed by atoms with Crippen molar-refractivity contribution in [2.45, 2.75) is 9.79 Å². The molecule has 29 heavy (non-hydrogen) atoms. The third kappa shape index (κ3) is 4.90. The molecule has 0 atom stereocenters. The Morgan fingerprint density at radius 2 is 1.62 bits per heavy atom. The summed E-state index contributed by atoms with van der Waals surface area (Å²) in [7, 11) is -7.85. The molecule has 152 valence electrons. The van der Waals surface area contributed by atoms with Crippen LogP contribution in [0.1, 0.15) is 5.56 Å². The quantitative estimate of drug-likeness (QED) is 0.304. The zero-order valence-electron chi connectivity index (χ0n) is 15.0. The molecule has 0 radical (unpaired) electrons. The molecule has 9 nitrogen and oxygen atoms in total. The Hall–Kier alpha value is -2.99. The van der Waals surface area contributed by atoms with Crippen molar-refractivity contribution < 1.29 is 30.7 Å². The number of rotatable bonds is 6. The second-order valence-electron chi connectivity index (χ2n) is 5.95. The molecular formula is C18H16N2O7S2. The van der Waals surface area contributed by atoms with E-state index in [4.69, 9.17) is 4.74 Å². The van der Waals surface area contributed by atoms with Crippen LogP contribution in [-0.2, 0) is 20.2 Å². The first kappa shape index (κ1) is 20.7. The van der Waals surface area contributed by atoms with E-state index in [0.29, 0.717) is 17.5 Å². The number of fused-ring (bicyclic) bond motifs is 1. The van der Waals surface area contributed by atoms with Crippen molar-refractivity contribution in [3.05, 3.63) is 60.2 Å². The van der Waals surface area contributed by atoms with Gasteiger partial charge >= 0.3 is 0 Å². The van der Waals surface area contributed by atoms with Crippen LogP contribution in [0.3, 0.4) is 0 Å². The van der Waals surface area contributed by atoms with Crippen LogP contribution >= 0.6 is 0 Å². The summed E-state index contributed by atoms with van der Waals surface area (Å²) in [6.45, 7) is 0. The fourth-order valence-electron chi connectivity index (χ4n) is 2.60. The standard InChI is InChI=1S/C18H16N2O7S2/c1-27-15-6-2-12(3-7-15)11-19-20-14-5-4-13-8-16(28(21,22)23)10-18(17(13)9-14)29(24,25)26/h2-11,20H,1H3,(H,21,22,23)(H,24,25,26)/b19-11+. The number of ether oxygens (including phenoxy) is 1. The first-order valence-electron chi connectivity index (χ1n) is 8.04. The lowest BCUT2D eigenvalue weighted by Gasteiger charge is -2.09. The van der Waals surface area contributed by atoms with Gasteiger partial charge in [0.05, 0.1) is 23.9 Å². The molecule has 0 aliphatic rings. The van der Waals surface area contributed by atoms with E-state index in [2.05, 4.69) is 10.5 Å². The number of methoxy groups -OCH3 is 1. The molecular weight excluding hydrogens is 420 g/mol. The Morgan fingerprint density at radius 3 is 2.21 bits per heavy atom. The van der Waals surface area contributed by atoms with Gasteiger partial charge in [-0.1, -0.05) is 6.07 Å². The second-order valence-corrected chi connectivity index (χ2v) is 8.76. The Kier molecular flexibility index (Phi) is 5.57. The molecule has 0 saturated heterocycles. The molecule has 0 saturated carbocycles. The highest BCUT2D eigenvalue weighted by atomic mass is 32.2. The Morgan fingerprint density at radius 1 is 0.931 bits per heavy atom. The molecule has 0 fully saturated rings. The first-order valence-corrected chi connectivity index (χ1v) is 10.9. The maximum Gasteiger partial charge on any atom is 0.295 e. The average Bonchev–Trinajstić information content (AvgIpc) is 2.66. The van der Waals surface area contributed by atoms with E-state index in [1.54, 1.807) is 31.4 Å². The number of hydrogen-bond acceptors (Lipinski definition) is 7. The molecule has 3 aromatic rings. The summed E-state index contributed by atoms with van der Waals surface area (Å²) in [6.07, 6.45) is 1.54. The molecule has 0 spiro atoms. The molecule has 11 heteroatoms. The summed E-state index contributed by atoms with van der Waals surface area (Å²) in [4.78, 5) is -1.29. The van der Waals surface area contributed by atoms with Crippen molar-refractivity contribution in [3.8, 4) is 5.75 Å². The molecule has 3 N–H and O–H groups in total. The monoisotopic (exact) mass is 436 g/mol. The predicted octanol–water partition coefficient (Wildman–Crippen LogP) is 2.79. The lowest BCUT2D eigenvalue weighted by Crippen LogP contribution is -2.04. The summed E-state index contributed by atoms with van der Waals surface area (Å²) in [5, 5.41) is 4.31. The minimum absolute atomic E-state index is 0.0598. The molecule has 3 aromatic carbocycles. The Balaban J connectivity index is 1.97. The van der Waals surface area contributed by atoms with E-state index in [1.807, 2.05) is 0 Å². The van der Waals surface area contributed by atoms with Crippen LogP contribution in [0.5, 0.6) is 5.75 Å². The molecule has 0 aliphatic carbocycles. The number of anilines is 1. The number of hydrogen-bond donors (Lipinski definition) is 3. The van der Waals surface area contributed by atoms with Gasteiger partial charge in [-0.3, -0.25) is 14.5 Å². The molecule has 0 unspecified atom stereocenters. The maximum atomic E-state index is 11.7. The summed E-state index contributed by atoms with van der Waals surface area (Å²) < 4.78 is 69.9. The van der Waals surface area contributed by atoms with Crippen LogP contribution in [0, 0.1) is 0 Å². The highest BCUT2D eigenvalue weighted by molar-refractivity contribution is 7.86. The van der Waals surface area contributed by atoms with Crippen molar-refractivity contribution in [2.24, 2.45) is 5.10 Å². The first-order chi connectivity index (χ1) is 13.6. The number of nitrogens with one attached hydrogen (secondary N) is 1. The van der Waals surface area contributed by atoms with Gasteiger partial charge < -0.3 is 4.74 Å². The highest BCUT2D eigenvalue weighted by Gasteiger charge is 2.20. The summed E-state index contributed by atoms with van der Waals surface area (Å²) >= 11 is 0. The minimum Gasteiger partial charge on any atom is -0.497 e. The zero-order chi connectivity index (χ0) is 21.2. The van der Waals surface area contributed by atoms with Gasteiger partial charge in [0.15, 0.2) is 0 Å². The highest BCUT2D eigenvalue weighted by Crippen LogP contribution is 2.29. The minimum atomic E-state index is -4.75. The van der Waals surface area contributed by atoms with Crippen LogP contribution in [0.25, 0.3) is 10.8 Å². The SMILES string of the molecule is COc1ccc(/C=N/Nc2ccc3cc(S(=O)(=O)O)cc(S(=O)(=O)O)c3c2)cc1. The largest absolute Gasteiger partial charge is 0.497 e. The van der Waals surface area contributed by atoms with Crippen molar-refractivity contribution in [2.75, 3.05) is 12.5 Å². The number of nitrogens with zero attached hydrogens (tertiary/aromatic N) is 1. The van der Waals surface area contributed by atoms with Gasteiger partial charge in [-0.15, -0.1) is 0 Å². The van der Waals surface area contributed by atoms with E-state index in [9.17, 15) is 25.9 Å². The van der Waals surface area contributed by atoms with Crippen molar-refractivity contribution >= 4 is 42.9 Å². The van der Waals surface area contributed by atoms with Crippen LogP contribution in [0.4, 0.5) is 5.69 Å². The molecule has 0 bridgehead atoms. The smallest absolute Gasteiger partial charge is 0.295 e. The number of hydrazone groups is 1.